The number of ether oxygens (including phenoxy) is 1. The van der Waals surface area contributed by atoms with Gasteiger partial charge in [-0.05, 0) is 59.0 Å². The summed E-state index contributed by atoms with van der Waals surface area (Å²) in [5.74, 6) is 0.802. The van der Waals surface area contributed by atoms with Crippen LogP contribution in [0.4, 0.5) is 10.2 Å². The van der Waals surface area contributed by atoms with E-state index in [2.05, 4.69) is 65.4 Å². The fourth-order valence-corrected chi connectivity index (χ4v) is 4.59. The number of fused-ring (bicyclic) bond motifs is 1. The number of halogens is 2. The van der Waals surface area contributed by atoms with Crippen molar-refractivity contribution in [2.75, 3.05) is 24.6 Å². The van der Waals surface area contributed by atoms with Gasteiger partial charge in [-0.1, -0.05) is 19.6 Å². The Hall–Kier alpha value is -1.52. The molecular formula is C21H26FIN4OSi. The average molecular weight is 524 g/mol. The van der Waals surface area contributed by atoms with Crippen molar-refractivity contribution in [2.24, 2.45) is 0 Å². The molecule has 1 fully saturated rings. The van der Waals surface area contributed by atoms with E-state index >= 15 is 0 Å². The molecule has 0 amide bonds. The first-order chi connectivity index (χ1) is 13.8. The first-order valence-electron chi connectivity index (χ1n) is 9.89. The number of pyridine rings is 1. The van der Waals surface area contributed by atoms with Crippen LogP contribution in [0, 0.1) is 3.57 Å². The summed E-state index contributed by atoms with van der Waals surface area (Å²) < 4.78 is 22.3. The molecular weight excluding hydrogens is 498 g/mol. The van der Waals surface area contributed by atoms with Crippen LogP contribution in [-0.4, -0.2) is 48.7 Å². The van der Waals surface area contributed by atoms with Gasteiger partial charge in [-0.3, -0.25) is 0 Å². The molecule has 0 unspecified atom stereocenters. The van der Waals surface area contributed by atoms with Crippen LogP contribution in [0.5, 0.6) is 0 Å². The van der Waals surface area contributed by atoms with Crippen LogP contribution in [0.1, 0.15) is 0 Å². The van der Waals surface area contributed by atoms with Gasteiger partial charge in [0.15, 0.2) is 0 Å². The second-order valence-electron chi connectivity index (χ2n) is 8.76. The quantitative estimate of drug-likeness (QED) is 0.243. The standard InChI is InChI=1S/C21H26FIN4OSi/c1-29(2,3)9-8-28-14-27-19-5-4-17(23)11-18(19)21(25-27)15-6-7-24-20(10-15)26-12-16(22)13-26/h4-7,10-11,16H,8-9,12-14H2,1-3H3. The normalized spacial score (nSPS) is 15.1. The second kappa shape index (κ2) is 8.31. The predicted octanol–water partition coefficient (Wildman–Crippen LogP) is 5.17. The number of aromatic nitrogens is 3. The van der Waals surface area contributed by atoms with Crippen LogP contribution in [0.25, 0.3) is 22.2 Å². The summed E-state index contributed by atoms with van der Waals surface area (Å²) >= 11 is 2.33. The van der Waals surface area contributed by atoms with Crippen molar-refractivity contribution >= 4 is 47.4 Å². The number of alkyl halides is 1. The third-order valence-corrected chi connectivity index (χ3v) is 7.48. The Morgan fingerprint density at radius 1 is 1.21 bits per heavy atom. The molecule has 0 saturated carbocycles. The predicted molar refractivity (Wildman–Crippen MR) is 127 cm³/mol. The molecule has 0 spiro atoms. The van der Waals surface area contributed by atoms with Crippen LogP contribution in [-0.2, 0) is 11.5 Å². The Bertz CT molecular complexity index is 1010. The van der Waals surface area contributed by atoms with E-state index < -0.39 is 14.2 Å². The summed E-state index contributed by atoms with van der Waals surface area (Å²) in [7, 11) is -1.12. The van der Waals surface area contributed by atoms with Gasteiger partial charge in [0, 0.05) is 35.4 Å². The van der Waals surface area contributed by atoms with Crippen LogP contribution >= 0.6 is 22.6 Å². The summed E-state index contributed by atoms with van der Waals surface area (Å²) in [5, 5.41) is 5.97. The molecule has 8 heteroatoms. The number of hydrogen-bond donors (Lipinski definition) is 0. The smallest absolute Gasteiger partial charge is 0.140 e. The number of rotatable bonds is 7. The van der Waals surface area contributed by atoms with E-state index in [1.165, 1.54) is 0 Å². The lowest BCUT2D eigenvalue weighted by Crippen LogP contribution is -2.48. The first kappa shape index (κ1) is 20.7. The van der Waals surface area contributed by atoms with Crippen LogP contribution in [0.15, 0.2) is 36.5 Å². The van der Waals surface area contributed by atoms with Gasteiger partial charge in [-0.25, -0.2) is 14.1 Å². The van der Waals surface area contributed by atoms with E-state index in [1.807, 2.05) is 21.7 Å². The van der Waals surface area contributed by atoms with Crippen molar-refractivity contribution in [1.29, 1.82) is 0 Å². The molecule has 154 valence electrons. The van der Waals surface area contributed by atoms with Crippen LogP contribution in [0.2, 0.25) is 25.7 Å². The Morgan fingerprint density at radius 2 is 2.00 bits per heavy atom. The van der Waals surface area contributed by atoms with Gasteiger partial charge in [0.1, 0.15) is 24.4 Å². The molecule has 3 aromatic rings. The third-order valence-electron chi connectivity index (χ3n) is 5.10. The topological polar surface area (TPSA) is 43.2 Å². The monoisotopic (exact) mass is 524 g/mol. The van der Waals surface area contributed by atoms with Gasteiger partial charge < -0.3 is 9.64 Å². The molecule has 0 radical (unpaired) electrons. The second-order valence-corrected chi connectivity index (χ2v) is 15.6. The molecule has 0 aliphatic carbocycles. The van der Waals surface area contributed by atoms with Gasteiger partial charge in [-0.15, -0.1) is 0 Å². The van der Waals surface area contributed by atoms with Crippen molar-refractivity contribution in [1.82, 2.24) is 14.8 Å². The van der Waals surface area contributed by atoms with Crippen molar-refractivity contribution < 1.29 is 9.13 Å². The maximum Gasteiger partial charge on any atom is 0.140 e. The molecule has 2 aromatic heterocycles. The highest BCUT2D eigenvalue weighted by Gasteiger charge is 2.27. The maximum atomic E-state index is 13.3. The van der Waals surface area contributed by atoms with Gasteiger partial charge >= 0.3 is 0 Å². The Labute approximate surface area is 185 Å². The summed E-state index contributed by atoms with van der Waals surface area (Å²) in [4.78, 5) is 6.37. The molecule has 29 heavy (non-hydrogen) atoms. The summed E-state index contributed by atoms with van der Waals surface area (Å²) in [6, 6.07) is 11.4. The van der Waals surface area contributed by atoms with E-state index in [9.17, 15) is 4.39 Å². The van der Waals surface area contributed by atoms with Crippen molar-refractivity contribution in [3.63, 3.8) is 0 Å². The molecule has 0 N–H and O–H groups in total. The number of nitrogens with zero attached hydrogens (tertiary/aromatic N) is 4. The first-order valence-corrected chi connectivity index (χ1v) is 14.7. The lowest BCUT2D eigenvalue weighted by molar-refractivity contribution is 0.0818. The molecule has 5 nitrogen and oxygen atoms in total. The number of hydrogen-bond acceptors (Lipinski definition) is 4. The summed E-state index contributed by atoms with van der Waals surface area (Å²) in [6.45, 7) is 9.08. The zero-order valence-electron chi connectivity index (χ0n) is 17.0. The fourth-order valence-electron chi connectivity index (χ4n) is 3.34. The van der Waals surface area contributed by atoms with E-state index in [1.54, 1.807) is 6.20 Å². The van der Waals surface area contributed by atoms with Gasteiger partial charge in [0.2, 0.25) is 0 Å². The molecule has 1 aliphatic heterocycles. The summed E-state index contributed by atoms with van der Waals surface area (Å²) in [5.41, 5.74) is 2.96. The van der Waals surface area contributed by atoms with Crippen molar-refractivity contribution in [2.45, 2.75) is 38.6 Å². The summed E-state index contributed by atoms with van der Waals surface area (Å²) in [6.07, 6.45) is 1.02. The van der Waals surface area contributed by atoms with Gasteiger partial charge in [-0.2, -0.15) is 5.10 Å². The Balaban J connectivity index is 1.62. The highest BCUT2D eigenvalue weighted by atomic mass is 127. The van der Waals surface area contributed by atoms with E-state index in [4.69, 9.17) is 9.84 Å². The zero-order chi connectivity index (χ0) is 20.6. The zero-order valence-corrected chi connectivity index (χ0v) is 20.2. The molecule has 4 rings (SSSR count). The Kier molecular flexibility index (Phi) is 5.94. The van der Waals surface area contributed by atoms with Crippen molar-refractivity contribution in [3.05, 3.63) is 40.1 Å². The van der Waals surface area contributed by atoms with Crippen LogP contribution in [0.3, 0.4) is 0 Å². The van der Waals surface area contributed by atoms with Crippen molar-refractivity contribution in [3.8, 4) is 11.3 Å². The highest BCUT2D eigenvalue weighted by Crippen LogP contribution is 2.32. The minimum atomic E-state index is -1.12. The largest absolute Gasteiger partial charge is 0.360 e. The van der Waals surface area contributed by atoms with E-state index in [-0.39, 0.29) is 0 Å². The van der Waals surface area contributed by atoms with Gasteiger partial charge in [0.25, 0.3) is 0 Å². The molecule has 0 bridgehead atoms. The Morgan fingerprint density at radius 3 is 2.72 bits per heavy atom. The minimum absolute atomic E-state index is 0.411. The maximum absolute atomic E-state index is 13.3. The third kappa shape index (κ3) is 4.80. The van der Waals surface area contributed by atoms with E-state index in [0.717, 1.165) is 44.2 Å². The lowest BCUT2D eigenvalue weighted by atomic mass is 10.1. The average Bonchev–Trinajstić information content (AvgIpc) is 3.00. The number of benzene rings is 1. The minimum Gasteiger partial charge on any atom is -0.360 e. The lowest BCUT2D eigenvalue weighted by Gasteiger charge is -2.35. The number of anilines is 1. The molecule has 0 atom stereocenters. The van der Waals surface area contributed by atoms with E-state index in [0.29, 0.717) is 19.8 Å². The fraction of sp³-hybridized carbons (Fsp3) is 0.429. The van der Waals surface area contributed by atoms with Gasteiger partial charge in [0.05, 0.1) is 18.6 Å². The highest BCUT2D eigenvalue weighted by molar-refractivity contribution is 14.1. The molecule has 1 saturated heterocycles. The molecule has 3 heterocycles. The SMILES string of the molecule is C[Si](C)(C)CCOCn1nc(-c2ccnc(N3CC(F)C3)c2)c2cc(I)ccc21. The molecule has 1 aromatic carbocycles. The van der Waals surface area contributed by atoms with Crippen LogP contribution < -0.4 is 4.90 Å². The molecule has 1 aliphatic rings.